The number of rotatable bonds is 4. The molecule has 2 nitrogen and oxygen atoms in total. The summed E-state index contributed by atoms with van der Waals surface area (Å²) in [5, 5.41) is 10.6. The molecule has 16 heavy (non-hydrogen) atoms. The summed E-state index contributed by atoms with van der Waals surface area (Å²) in [6.45, 7) is 0.752. The van der Waals surface area contributed by atoms with Crippen molar-refractivity contribution < 1.29 is 9.84 Å². The zero-order valence-electron chi connectivity index (χ0n) is 9.08. The summed E-state index contributed by atoms with van der Waals surface area (Å²) >= 11 is 6.25. The summed E-state index contributed by atoms with van der Waals surface area (Å²) in [5.74, 6) is 1.43. The minimum absolute atomic E-state index is 0.586. The van der Waals surface area contributed by atoms with Gasteiger partial charge in [-0.25, -0.2) is 0 Å². The molecule has 0 unspecified atom stereocenters. The molecule has 2 fully saturated rings. The third-order valence-corrected chi connectivity index (χ3v) is 3.75. The molecule has 0 aliphatic heterocycles. The van der Waals surface area contributed by atoms with Crippen LogP contribution in [0.1, 0.15) is 31.2 Å². The highest BCUT2D eigenvalue weighted by Gasteiger charge is 2.44. The van der Waals surface area contributed by atoms with Crippen LogP contribution in [0.2, 0.25) is 5.02 Å². The van der Waals surface area contributed by atoms with Crippen molar-refractivity contribution in [1.29, 1.82) is 0 Å². The highest BCUT2D eigenvalue weighted by molar-refractivity contribution is 6.33. The number of hydrogen-bond acceptors (Lipinski definition) is 2. The van der Waals surface area contributed by atoms with E-state index < -0.39 is 5.60 Å². The lowest BCUT2D eigenvalue weighted by Crippen LogP contribution is -2.07. The van der Waals surface area contributed by atoms with Gasteiger partial charge in [0.05, 0.1) is 17.2 Å². The molecule has 3 rings (SSSR count). The Morgan fingerprint density at radius 2 is 2.12 bits per heavy atom. The van der Waals surface area contributed by atoms with Gasteiger partial charge < -0.3 is 9.84 Å². The SMILES string of the molecule is OC1(c2cccc(OCC3CC3)c2Cl)CC1. The van der Waals surface area contributed by atoms with E-state index in [-0.39, 0.29) is 0 Å². The minimum atomic E-state index is -0.684. The smallest absolute Gasteiger partial charge is 0.138 e. The molecule has 2 aliphatic carbocycles. The first-order valence-corrected chi connectivity index (χ1v) is 6.21. The van der Waals surface area contributed by atoms with Crippen LogP contribution in [-0.2, 0) is 5.60 Å². The van der Waals surface area contributed by atoms with E-state index >= 15 is 0 Å². The van der Waals surface area contributed by atoms with Gasteiger partial charge in [0.25, 0.3) is 0 Å². The fourth-order valence-corrected chi connectivity index (χ4v) is 2.22. The van der Waals surface area contributed by atoms with Gasteiger partial charge in [0.15, 0.2) is 0 Å². The quantitative estimate of drug-likeness (QED) is 0.874. The molecule has 86 valence electrons. The Kier molecular flexibility index (Phi) is 2.37. The molecule has 0 saturated heterocycles. The van der Waals surface area contributed by atoms with E-state index in [2.05, 4.69) is 0 Å². The van der Waals surface area contributed by atoms with Gasteiger partial charge in [-0.3, -0.25) is 0 Å². The summed E-state index contributed by atoms with van der Waals surface area (Å²) in [7, 11) is 0. The maximum Gasteiger partial charge on any atom is 0.138 e. The molecule has 3 heteroatoms. The average Bonchev–Trinajstić information content (AvgIpc) is 3.14. The lowest BCUT2D eigenvalue weighted by molar-refractivity contribution is 0.151. The van der Waals surface area contributed by atoms with E-state index in [1.54, 1.807) is 0 Å². The first kappa shape index (κ1) is 10.4. The van der Waals surface area contributed by atoms with Crippen molar-refractivity contribution in [3.8, 4) is 5.75 Å². The van der Waals surface area contributed by atoms with Crippen LogP contribution in [-0.4, -0.2) is 11.7 Å². The van der Waals surface area contributed by atoms with Crippen molar-refractivity contribution >= 4 is 11.6 Å². The number of halogens is 1. The molecular weight excluding hydrogens is 224 g/mol. The molecule has 0 spiro atoms. The minimum Gasteiger partial charge on any atom is -0.492 e. The first-order valence-electron chi connectivity index (χ1n) is 5.83. The second-order valence-corrected chi connectivity index (χ2v) is 5.28. The van der Waals surface area contributed by atoms with E-state index in [1.165, 1.54) is 12.8 Å². The molecule has 2 saturated carbocycles. The fourth-order valence-electron chi connectivity index (χ4n) is 1.86. The molecule has 0 atom stereocenters. The van der Waals surface area contributed by atoms with Crippen LogP contribution in [0.5, 0.6) is 5.75 Å². The molecular formula is C13H15ClO2. The number of hydrogen-bond donors (Lipinski definition) is 1. The maximum atomic E-state index is 10.1. The van der Waals surface area contributed by atoms with Gasteiger partial charge in [-0.1, -0.05) is 23.7 Å². The first-order chi connectivity index (χ1) is 7.69. The van der Waals surface area contributed by atoms with E-state index in [4.69, 9.17) is 16.3 Å². The monoisotopic (exact) mass is 238 g/mol. The predicted octanol–water partition coefficient (Wildman–Crippen LogP) is 3.11. The Balaban J connectivity index is 1.81. The summed E-state index contributed by atoms with van der Waals surface area (Å²) in [5.41, 5.74) is 0.137. The lowest BCUT2D eigenvalue weighted by atomic mass is 10.1. The summed E-state index contributed by atoms with van der Waals surface area (Å²) < 4.78 is 5.68. The Labute approximate surface area is 100 Å². The second kappa shape index (κ2) is 3.64. The normalized spacial score (nSPS) is 21.9. The molecule has 0 aromatic heterocycles. The van der Waals surface area contributed by atoms with Crippen molar-refractivity contribution in [3.63, 3.8) is 0 Å². The zero-order chi connectivity index (χ0) is 11.2. The van der Waals surface area contributed by atoms with E-state index in [0.29, 0.717) is 16.7 Å². The van der Waals surface area contributed by atoms with Crippen LogP contribution in [0.15, 0.2) is 18.2 Å². The fraction of sp³-hybridized carbons (Fsp3) is 0.538. The number of aliphatic hydroxyl groups is 1. The van der Waals surface area contributed by atoms with E-state index in [1.807, 2.05) is 18.2 Å². The summed E-state index contributed by atoms with van der Waals surface area (Å²) in [6, 6.07) is 5.67. The molecule has 2 aliphatic rings. The maximum absolute atomic E-state index is 10.1. The highest BCUT2D eigenvalue weighted by Crippen LogP contribution is 2.49. The van der Waals surface area contributed by atoms with Crippen molar-refractivity contribution in [2.24, 2.45) is 5.92 Å². The molecule has 0 radical (unpaired) electrons. The summed E-state index contributed by atoms with van der Waals surface area (Å²) in [6.07, 6.45) is 4.14. The molecule has 0 bridgehead atoms. The molecule has 0 amide bonds. The van der Waals surface area contributed by atoms with Crippen molar-refractivity contribution in [2.75, 3.05) is 6.61 Å². The highest BCUT2D eigenvalue weighted by atomic mass is 35.5. The Morgan fingerprint density at radius 1 is 1.38 bits per heavy atom. The average molecular weight is 239 g/mol. The van der Waals surface area contributed by atoms with Crippen molar-refractivity contribution in [1.82, 2.24) is 0 Å². The zero-order valence-corrected chi connectivity index (χ0v) is 9.83. The van der Waals surface area contributed by atoms with Gasteiger partial charge >= 0.3 is 0 Å². The van der Waals surface area contributed by atoms with Gasteiger partial charge in [0.2, 0.25) is 0 Å². The largest absolute Gasteiger partial charge is 0.492 e. The molecule has 1 N–H and O–H groups in total. The predicted molar refractivity (Wildman–Crippen MR) is 62.8 cm³/mol. The van der Waals surface area contributed by atoms with Gasteiger partial charge in [-0.2, -0.15) is 0 Å². The van der Waals surface area contributed by atoms with Crippen LogP contribution in [0, 0.1) is 5.92 Å². The van der Waals surface area contributed by atoms with Crippen molar-refractivity contribution in [3.05, 3.63) is 28.8 Å². The lowest BCUT2D eigenvalue weighted by Gasteiger charge is -2.14. The van der Waals surface area contributed by atoms with Crippen LogP contribution >= 0.6 is 11.6 Å². The Bertz CT molecular complexity index is 408. The van der Waals surface area contributed by atoms with Crippen LogP contribution in [0.3, 0.4) is 0 Å². The standard InChI is InChI=1S/C13H15ClO2/c14-12-10(13(15)6-7-13)2-1-3-11(12)16-8-9-4-5-9/h1-3,9,15H,4-8H2. The van der Waals surface area contributed by atoms with E-state index in [0.717, 1.165) is 25.0 Å². The molecule has 0 heterocycles. The molecule has 1 aromatic rings. The van der Waals surface area contributed by atoms with Crippen LogP contribution in [0.25, 0.3) is 0 Å². The van der Waals surface area contributed by atoms with Gasteiger partial charge in [0.1, 0.15) is 5.75 Å². The Hall–Kier alpha value is -0.730. The third kappa shape index (κ3) is 1.92. The number of ether oxygens (including phenoxy) is 1. The van der Waals surface area contributed by atoms with E-state index in [9.17, 15) is 5.11 Å². The Morgan fingerprint density at radius 3 is 2.75 bits per heavy atom. The molecule has 1 aromatic carbocycles. The van der Waals surface area contributed by atoms with Gasteiger partial charge in [-0.15, -0.1) is 0 Å². The second-order valence-electron chi connectivity index (χ2n) is 4.90. The van der Waals surface area contributed by atoms with Crippen molar-refractivity contribution in [2.45, 2.75) is 31.3 Å². The van der Waals surface area contributed by atoms with Crippen LogP contribution < -0.4 is 4.74 Å². The number of benzene rings is 1. The van der Waals surface area contributed by atoms with Gasteiger partial charge in [0, 0.05) is 5.56 Å². The summed E-state index contributed by atoms with van der Waals surface area (Å²) in [4.78, 5) is 0. The van der Waals surface area contributed by atoms with Gasteiger partial charge in [-0.05, 0) is 37.7 Å². The topological polar surface area (TPSA) is 29.5 Å². The third-order valence-electron chi connectivity index (χ3n) is 3.36. The van der Waals surface area contributed by atoms with Crippen LogP contribution in [0.4, 0.5) is 0 Å².